The largest absolute Gasteiger partial charge is 0.409 e. The van der Waals surface area contributed by atoms with Crippen LogP contribution in [0.4, 0.5) is 0 Å². The number of aromatic nitrogens is 1. The van der Waals surface area contributed by atoms with E-state index < -0.39 is 0 Å². The second-order valence-corrected chi connectivity index (χ2v) is 5.18. The molecule has 0 saturated heterocycles. The minimum absolute atomic E-state index is 0.549. The van der Waals surface area contributed by atoms with Crippen LogP contribution in [0.25, 0.3) is 0 Å². The summed E-state index contributed by atoms with van der Waals surface area (Å²) in [6.07, 6.45) is 2.71. The zero-order chi connectivity index (χ0) is 12.4. The Morgan fingerprint density at radius 2 is 2.33 bits per heavy atom. The van der Waals surface area contributed by atoms with Crippen LogP contribution in [0.5, 0.6) is 0 Å². The summed E-state index contributed by atoms with van der Waals surface area (Å²) >= 11 is 1.80. The van der Waals surface area contributed by atoms with Gasteiger partial charge in [-0.05, 0) is 35.6 Å². The maximum Gasteiger partial charge on any atom is 0.194 e. The van der Waals surface area contributed by atoms with Crippen LogP contribution in [-0.4, -0.2) is 27.5 Å². The number of rotatable bonds is 1. The molecule has 0 atom stereocenters. The third-order valence-corrected chi connectivity index (χ3v) is 4.12. The lowest BCUT2D eigenvalue weighted by Crippen LogP contribution is -2.36. The number of fused-ring (bicyclic) bond motifs is 1. The first-order chi connectivity index (χ1) is 8.88. The van der Waals surface area contributed by atoms with Gasteiger partial charge in [-0.1, -0.05) is 11.2 Å². The predicted molar refractivity (Wildman–Crippen MR) is 71.0 cm³/mol. The number of hydrogen-bond donors (Lipinski definition) is 1. The van der Waals surface area contributed by atoms with E-state index in [0.29, 0.717) is 11.5 Å². The zero-order valence-corrected chi connectivity index (χ0v) is 10.6. The summed E-state index contributed by atoms with van der Waals surface area (Å²) in [7, 11) is 0. The van der Waals surface area contributed by atoms with Crippen molar-refractivity contribution in [3.05, 3.63) is 52.0 Å². The molecule has 92 valence electrons. The second kappa shape index (κ2) is 4.78. The van der Waals surface area contributed by atoms with E-state index in [2.05, 4.69) is 26.5 Å². The molecule has 1 aliphatic heterocycles. The van der Waals surface area contributed by atoms with Crippen molar-refractivity contribution in [2.75, 3.05) is 6.54 Å². The summed E-state index contributed by atoms with van der Waals surface area (Å²) in [5.41, 5.74) is 2.03. The Labute approximate surface area is 109 Å². The quantitative estimate of drug-likeness (QED) is 0.370. The molecule has 0 spiro atoms. The van der Waals surface area contributed by atoms with E-state index in [1.807, 2.05) is 18.2 Å². The molecule has 0 saturated carbocycles. The van der Waals surface area contributed by atoms with Gasteiger partial charge < -0.3 is 10.1 Å². The normalized spacial score (nSPS) is 15.6. The van der Waals surface area contributed by atoms with E-state index >= 15 is 0 Å². The van der Waals surface area contributed by atoms with Gasteiger partial charge in [-0.3, -0.25) is 4.98 Å². The highest BCUT2D eigenvalue weighted by Crippen LogP contribution is 2.24. The van der Waals surface area contributed by atoms with E-state index in [0.717, 1.165) is 19.5 Å². The Bertz CT molecular complexity index is 565. The average molecular weight is 259 g/mol. The van der Waals surface area contributed by atoms with Crippen LogP contribution in [0.1, 0.15) is 16.1 Å². The SMILES string of the molecule is O/N=C(/c1ccccn1)N1CCc2sccc2C1. The summed E-state index contributed by atoms with van der Waals surface area (Å²) in [5.74, 6) is 0.549. The van der Waals surface area contributed by atoms with E-state index in [1.165, 1.54) is 10.4 Å². The van der Waals surface area contributed by atoms with Crippen LogP contribution < -0.4 is 0 Å². The highest BCUT2D eigenvalue weighted by atomic mass is 32.1. The fourth-order valence-electron chi connectivity index (χ4n) is 2.20. The number of thiophene rings is 1. The smallest absolute Gasteiger partial charge is 0.194 e. The van der Waals surface area contributed by atoms with Gasteiger partial charge in [-0.25, -0.2) is 0 Å². The molecule has 0 aromatic carbocycles. The molecule has 0 unspecified atom stereocenters. The maximum atomic E-state index is 9.24. The van der Waals surface area contributed by atoms with Gasteiger partial charge in [0.25, 0.3) is 0 Å². The van der Waals surface area contributed by atoms with Crippen LogP contribution in [0.2, 0.25) is 0 Å². The Morgan fingerprint density at radius 1 is 1.39 bits per heavy atom. The van der Waals surface area contributed by atoms with Crippen molar-refractivity contribution in [1.29, 1.82) is 0 Å². The molecule has 1 aliphatic rings. The zero-order valence-electron chi connectivity index (χ0n) is 9.78. The van der Waals surface area contributed by atoms with Crippen molar-refractivity contribution < 1.29 is 5.21 Å². The minimum Gasteiger partial charge on any atom is -0.409 e. The van der Waals surface area contributed by atoms with Gasteiger partial charge in [0, 0.05) is 24.2 Å². The van der Waals surface area contributed by atoms with Crippen LogP contribution in [0, 0.1) is 0 Å². The predicted octanol–water partition coefficient (Wildman–Crippen LogP) is 2.34. The third-order valence-electron chi connectivity index (χ3n) is 3.10. The van der Waals surface area contributed by atoms with Crippen molar-refractivity contribution in [2.24, 2.45) is 5.16 Å². The van der Waals surface area contributed by atoms with Crippen molar-refractivity contribution in [3.63, 3.8) is 0 Å². The van der Waals surface area contributed by atoms with Crippen molar-refractivity contribution in [3.8, 4) is 0 Å². The minimum atomic E-state index is 0.549. The Morgan fingerprint density at radius 3 is 3.11 bits per heavy atom. The molecule has 5 heteroatoms. The molecule has 2 aromatic heterocycles. The van der Waals surface area contributed by atoms with Crippen molar-refractivity contribution in [1.82, 2.24) is 9.88 Å². The summed E-state index contributed by atoms with van der Waals surface area (Å²) in [6, 6.07) is 7.75. The topological polar surface area (TPSA) is 48.7 Å². The molecular formula is C13H13N3OS. The molecule has 18 heavy (non-hydrogen) atoms. The number of amidine groups is 1. The first-order valence-electron chi connectivity index (χ1n) is 5.82. The lowest BCUT2D eigenvalue weighted by atomic mass is 10.1. The molecule has 3 rings (SSSR count). The van der Waals surface area contributed by atoms with Gasteiger partial charge in [0.05, 0.1) is 0 Å². The van der Waals surface area contributed by atoms with Crippen molar-refractivity contribution in [2.45, 2.75) is 13.0 Å². The molecule has 1 N–H and O–H groups in total. The highest BCUT2D eigenvalue weighted by molar-refractivity contribution is 7.10. The van der Waals surface area contributed by atoms with Gasteiger partial charge in [0.2, 0.25) is 0 Å². The monoisotopic (exact) mass is 259 g/mol. The van der Waals surface area contributed by atoms with E-state index in [1.54, 1.807) is 17.5 Å². The summed E-state index contributed by atoms with van der Waals surface area (Å²) < 4.78 is 0. The molecule has 0 fully saturated rings. The van der Waals surface area contributed by atoms with Crippen LogP contribution in [0.3, 0.4) is 0 Å². The van der Waals surface area contributed by atoms with Crippen LogP contribution in [0.15, 0.2) is 41.0 Å². The number of nitrogens with zero attached hydrogens (tertiary/aromatic N) is 3. The number of oxime groups is 1. The van der Waals surface area contributed by atoms with Gasteiger partial charge in [0.15, 0.2) is 5.84 Å². The highest BCUT2D eigenvalue weighted by Gasteiger charge is 2.22. The Balaban J connectivity index is 1.87. The molecule has 0 bridgehead atoms. The Kier molecular flexibility index (Phi) is 2.98. The summed E-state index contributed by atoms with van der Waals surface area (Å²) in [4.78, 5) is 7.74. The number of pyridine rings is 1. The fraction of sp³-hybridized carbons (Fsp3) is 0.231. The molecule has 3 heterocycles. The molecule has 0 radical (unpaired) electrons. The average Bonchev–Trinajstić information content (AvgIpc) is 2.88. The summed E-state index contributed by atoms with van der Waals surface area (Å²) in [5, 5.41) is 14.8. The molecule has 2 aromatic rings. The number of hydrogen-bond acceptors (Lipinski definition) is 4. The first kappa shape index (κ1) is 11.2. The summed E-state index contributed by atoms with van der Waals surface area (Å²) in [6.45, 7) is 1.65. The van der Waals surface area contributed by atoms with Crippen LogP contribution in [-0.2, 0) is 13.0 Å². The second-order valence-electron chi connectivity index (χ2n) is 4.18. The fourth-order valence-corrected chi connectivity index (χ4v) is 3.09. The molecular weight excluding hydrogens is 246 g/mol. The maximum absolute atomic E-state index is 9.24. The van der Waals surface area contributed by atoms with Crippen molar-refractivity contribution >= 4 is 17.2 Å². The molecule has 4 nitrogen and oxygen atoms in total. The lowest BCUT2D eigenvalue weighted by molar-refractivity contribution is 0.296. The Hall–Kier alpha value is -1.88. The van der Waals surface area contributed by atoms with Gasteiger partial charge in [0.1, 0.15) is 5.69 Å². The van der Waals surface area contributed by atoms with E-state index in [-0.39, 0.29) is 0 Å². The molecule has 0 amide bonds. The van der Waals surface area contributed by atoms with Gasteiger partial charge in [-0.2, -0.15) is 0 Å². The molecule has 0 aliphatic carbocycles. The lowest BCUT2D eigenvalue weighted by Gasteiger charge is -2.28. The van der Waals surface area contributed by atoms with E-state index in [4.69, 9.17) is 0 Å². The van der Waals surface area contributed by atoms with E-state index in [9.17, 15) is 5.21 Å². The van der Waals surface area contributed by atoms with Gasteiger partial charge in [-0.15, -0.1) is 11.3 Å². The first-order valence-corrected chi connectivity index (χ1v) is 6.70. The third kappa shape index (κ3) is 1.97. The van der Waals surface area contributed by atoms with Crippen LogP contribution >= 0.6 is 11.3 Å². The van der Waals surface area contributed by atoms with Gasteiger partial charge >= 0.3 is 0 Å². The standard InChI is InChI=1S/C13H13N3OS/c17-15-13(11-3-1-2-6-14-11)16-7-4-12-10(9-16)5-8-18-12/h1-3,5-6,8,17H,4,7,9H2/b15-13-.